The third kappa shape index (κ3) is 4.42. The van der Waals surface area contributed by atoms with Crippen molar-refractivity contribution in [2.75, 3.05) is 6.54 Å². The van der Waals surface area contributed by atoms with E-state index in [1.807, 2.05) is 41.8 Å². The van der Waals surface area contributed by atoms with E-state index in [0.29, 0.717) is 18.5 Å². The lowest BCUT2D eigenvalue weighted by molar-refractivity contribution is 0.0943. The highest BCUT2D eigenvalue weighted by molar-refractivity contribution is 7.10. The van der Waals surface area contributed by atoms with E-state index in [1.165, 1.54) is 16.9 Å². The van der Waals surface area contributed by atoms with E-state index < -0.39 is 6.10 Å². The van der Waals surface area contributed by atoms with Gasteiger partial charge in [-0.15, -0.1) is 11.3 Å². The standard InChI is InChI=1S/C18H23NO2S/c1-18(2,3)14-8-6-13(7-9-14)17(21)19-11-10-15(20)16-5-4-12-22-16/h4-9,12,15,20H,10-11H2,1-3H3,(H,19,21)/t15-/m1/s1. The molecule has 2 rings (SSSR count). The summed E-state index contributed by atoms with van der Waals surface area (Å²) in [5.41, 5.74) is 1.94. The number of aliphatic hydroxyl groups excluding tert-OH is 1. The molecule has 22 heavy (non-hydrogen) atoms. The van der Waals surface area contributed by atoms with Gasteiger partial charge in [-0.3, -0.25) is 4.79 Å². The molecule has 0 aliphatic rings. The van der Waals surface area contributed by atoms with Crippen molar-refractivity contribution < 1.29 is 9.90 Å². The van der Waals surface area contributed by atoms with Crippen LogP contribution in [0.5, 0.6) is 0 Å². The summed E-state index contributed by atoms with van der Waals surface area (Å²) in [6.45, 7) is 6.90. The van der Waals surface area contributed by atoms with Crippen LogP contribution in [0.25, 0.3) is 0 Å². The molecule has 0 radical (unpaired) electrons. The fourth-order valence-electron chi connectivity index (χ4n) is 2.17. The topological polar surface area (TPSA) is 49.3 Å². The third-order valence-electron chi connectivity index (χ3n) is 3.59. The van der Waals surface area contributed by atoms with Gasteiger partial charge in [-0.25, -0.2) is 0 Å². The van der Waals surface area contributed by atoms with Crippen LogP contribution in [0, 0.1) is 0 Å². The number of aliphatic hydroxyl groups is 1. The minimum atomic E-state index is -0.511. The van der Waals surface area contributed by atoms with Crippen molar-refractivity contribution in [2.45, 2.75) is 38.7 Å². The summed E-state index contributed by atoms with van der Waals surface area (Å²) < 4.78 is 0. The van der Waals surface area contributed by atoms with Crippen LogP contribution in [-0.4, -0.2) is 17.6 Å². The van der Waals surface area contributed by atoms with Crippen LogP contribution >= 0.6 is 11.3 Å². The van der Waals surface area contributed by atoms with Gasteiger partial charge in [0.1, 0.15) is 0 Å². The quantitative estimate of drug-likeness (QED) is 0.878. The Morgan fingerprint density at radius 1 is 1.23 bits per heavy atom. The van der Waals surface area contributed by atoms with Crippen LogP contribution in [0.2, 0.25) is 0 Å². The molecule has 1 atom stereocenters. The van der Waals surface area contributed by atoms with Gasteiger partial charge in [0.05, 0.1) is 6.10 Å². The smallest absolute Gasteiger partial charge is 0.251 e. The number of nitrogens with one attached hydrogen (secondary N) is 1. The lowest BCUT2D eigenvalue weighted by atomic mass is 9.87. The van der Waals surface area contributed by atoms with E-state index in [0.717, 1.165) is 4.88 Å². The lowest BCUT2D eigenvalue weighted by Gasteiger charge is -2.19. The molecule has 2 N–H and O–H groups in total. The van der Waals surface area contributed by atoms with Crippen molar-refractivity contribution in [1.82, 2.24) is 5.32 Å². The predicted molar refractivity (Wildman–Crippen MR) is 91.4 cm³/mol. The van der Waals surface area contributed by atoms with Gasteiger partial charge in [-0.05, 0) is 41.0 Å². The van der Waals surface area contributed by atoms with Gasteiger partial charge in [-0.2, -0.15) is 0 Å². The normalized spacial score (nSPS) is 12.9. The average Bonchev–Trinajstić information content (AvgIpc) is 3.00. The molecule has 0 saturated heterocycles. The van der Waals surface area contributed by atoms with Crippen LogP contribution in [-0.2, 0) is 5.41 Å². The molecule has 2 aromatic rings. The van der Waals surface area contributed by atoms with Gasteiger partial charge < -0.3 is 10.4 Å². The van der Waals surface area contributed by atoms with Crippen molar-refractivity contribution in [1.29, 1.82) is 0 Å². The SMILES string of the molecule is CC(C)(C)c1ccc(C(=O)NCC[C@@H](O)c2cccs2)cc1. The largest absolute Gasteiger partial charge is 0.388 e. The molecule has 1 aromatic carbocycles. The molecule has 0 saturated carbocycles. The van der Waals surface area contributed by atoms with E-state index in [4.69, 9.17) is 0 Å². The van der Waals surface area contributed by atoms with Gasteiger partial charge in [0.15, 0.2) is 0 Å². The van der Waals surface area contributed by atoms with Crippen molar-refractivity contribution >= 4 is 17.2 Å². The first-order chi connectivity index (χ1) is 10.4. The minimum absolute atomic E-state index is 0.0832. The summed E-state index contributed by atoms with van der Waals surface area (Å²) in [5, 5.41) is 14.8. The Morgan fingerprint density at radius 2 is 1.91 bits per heavy atom. The van der Waals surface area contributed by atoms with Crippen molar-refractivity contribution in [3.63, 3.8) is 0 Å². The number of thiophene rings is 1. The molecule has 0 bridgehead atoms. The van der Waals surface area contributed by atoms with Gasteiger partial charge in [0, 0.05) is 17.0 Å². The molecule has 0 aliphatic carbocycles. The van der Waals surface area contributed by atoms with Crippen molar-refractivity contribution in [2.24, 2.45) is 0 Å². The second-order valence-corrected chi connectivity index (χ2v) is 7.38. The monoisotopic (exact) mass is 317 g/mol. The first-order valence-electron chi connectivity index (χ1n) is 7.48. The third-order valence-corrected chi connectivity index (χ3v) is 4.56. The fourth-order valence-corrected chi connectivity index (χ4v) is 2.92. The number of hydrogen-bond donors (Lipinski definition) is 2. The van der Waals surface area contributed by atoms with E-state index in [-0.39, 0.29) is 11.3 Å². The van der Waals surface area contributed by atoms with Crippen molar-refractivity contribution in [3.8, 4) is 0 Å². The maximum absolute atomic E-state index is 12.1. The van der Waals surface area contributed by atoms with Crippen LogP contribution < -0.4 is 5.32 Å². The first kappa shape index (κ1) is 16.7. The molecule has 1 heterocycles. The van der Waals surface area contributed by atoms with E-state index in [2.05, 4.69) is 26.1 Å². The summed E-state index contributed by atoms with van der Waals surface area (Å²) in [6.07, 6.45) is 0.00958. The maximum Gasteiger partial charge on any atom is 0.251 e. The number of carbonyl (C=O) groups is 1. The van der Waals surface area contributed by atoms with Crippen LogP contribution in [0.15, 0.2) is 41.8 Å². The van der Waals surface area contributed by atoms with E-state index in [9.17, 15) is 9.90 Å². The molecular weight excluding hydrogens is 294 g/mol. The number of carbonyl (C=O) groups excluding carboxylic acids is 1. The van der Waals surface area contributed by atoms with Gasteiger partial charge in [0.25, 0.3) is 5.91 Å². The summed E-state index contributed by atoms with van der Waals surface area (Å²) >= 11 is 1.53. The van der Waals surface area contributed by atoms with E-state index >= 15 is 0 Å². The Hall–Kier alpha value is -1.65. The molecule has 0 spiro atoms. The Bertz CT molecular complexity index is 597. The van der Waals surface area contributed by atoms with Crippen molar-refractivity contribution in [3.05, 3.63) is 57.8 Å². The molecule has 118 valence electrons. The summed E-state index contributed by atoms with van der Waals surface area (Å²) in [4.78, 5) is 13.0. The summed E-state index contributed by atoms with van der Waals surface area (Å²) in [7, 11) is 0. The zero-order valence-corrected chi connectivity index (χ0v) is 14.1. The fraction of sp³-hybridized carbons (Fsp3) is 0.389. The molecule has 1 amide bonds. The summed E-state index contributed by atoms with van der Waals surface area (Å²) in [6, 6.07) is 11.5. The van der Waals surface area contributed by atoms with Gasteiger partial charge >= 0.3 is 0 Å². The number of amides is 1. The second-order valence-electron chi connectivity index (χ2n) is 6.40. The molecule has 4 heteroatoms. The zero-order chi connectivity index (χ0) is 16.2. The Morgan fingerprint density at radius 3 is 2.45 bits per heavy atom. The van der Waals surface area contributed by atoms with Gasteiger partial charge in [0.2, 0.25) is 0 Å². The van der Waals surface area contributed by atoms with Gasteiger partial charge in [-0.1, -0.05) is 39.0 Å². The molecule has 1 aromatic heterocycles. The Labute approximate surface area is 136 Å². The van der Waals surface area contributed by atoms with Crippen LogP contribution in [0.4, 0.5) is 0 Å². The average molecular weight is 317 g/mol. The highest BCUT2D eigenvalue weighted by atomic mass is 32.1. The molecule has 0 fully saturated rings. The van der Waals surface area contributed by atoms with Crippen LogP contribution in [0.3, 0.4) is 0 Å². The zero-order valence-electron chi connectivity index (χ0n) is 13.3. The maximum atomic E-state index is 12.1. The highest BCUT2D eigenvalue weighted by Gasteiger charge is 2.14. The molecule has 3 nitrogen and oxygen atoms in total. The number of benzene rings is 1. The predicted octanol–water partition coefficient (Wildman–Crippen LogP) is 3.90. The number of hydrogen-bond acceptors (Lipinski definition) is 3. The molecular formula is C18H23NO2S. The summed E-state index contributed by atoms with van der Waals surface area (Å²) in [5.74, 6) is -0.0983. The van der Waals surface area contributed by atoms with E-state index in [1.54, 1.807) is 0 Å². The second kappa shape index (κ2) is 7.07. The lowest BCUT2D eigenvalue weighted by Crippen LogP contribution is -2.25. The molecule has 0 unspecified atom stereocenters. The Kier molecular flexibility index (Phi) is 5.37. The minimum Gasteiger partial charge on any atom is -0.388 e. The Balaban J connectivity index is 1.85. The van der Waals surface area contributed by atoms with Crippen LogP contribution in [0.1, 0.15) is 54.1 Å². The molecule has 0 aliphatic heterocycles. The highest BCUT2D eigenvalue weighted by Crippen LogP contribution is 2.22. The first-order valence-corrected chi connectivity index (χ1v) is 8.36. The number of rotatable bonds is 5.